The molecule has 3 aliphatic heterocycles. The molecule has 0 N–H and O–H groups in total. The summed E-state index contributed by atoms with van der Waals surface area (Å²) < 4.78 is 10.7. The van der Waals surface area contributed by atoms with Gasteiger partial charge in [0.05, 0.1) is 0 Å². The maximum absolute atomic E-state index is 12.6. The first-order chi connectivity index (χ1) is 15.3. The predicted molar refractivity (Wildman–Crippen MR) is 118 cm³/mol. The van der Waals surface area contributed by atoms with Crippen LogP contribution in [-0.4, -0.2) is 67.1 Å². The van der Waals surface area contributed by atoms with Gasteiger partial charge in [0.25, 0.3) is 0 Å². The topological polar surface area (TPSA) is 71.0 Å². The Labute approximate surface area is 182 Å². The van der Waals surface area contributed by atoms with Crippen molar-refractivity contribution in [2.24, 2.45) is 0 Å². The number of nitrogens with zero attached hydrogens (tertiary/aromatic N) is 5. The molecule has 1 amide bonds. The molecule has 162 valence electrons. The van der Waals surface area contributed by atoms with E-state index in [1.54, 1.807) is 6.08 Å². The number of amides is 1. The van der Waals surface area contributed by atoms with E-state index in [0.29, 0.717) is 13.1 Å². The third kappa shape index (κ3) is 4.42. The molecule has 5 rings (SSSR count). The van der Waals surface area contributed by atoms with Gasteiger partial charge in [-0.2, -0.15) is 0 Å². The van der Waals surface area contributed by atoms with Crippen molar-refractivity contribution in [1.29, 1.82) is 0 Å². The van der Waals surface area contributed by atoms with Crippen LogP contribution in [0.2, 0.25) is 0 Å². The number of piperazine rings is 1. The largest absolute Gasteiger partial charge is 0.454 e. The minimum Gasteiger partial charge on any atom is -0.454 e. The Morgan fingerprint density at radius 2 is 1.48 bits per heavy atom. The van der Waals surface area contributed by atoms with E-state index >= 15 is 0 Å². The van der Waals surface area contributed by atoms with Crippen LogP contribution in [0.5, 0.6) is 11.5 Å². The number of carbonyl (C=O) groups is 1. The molecule has 8 heteroatoms. The summed E-state index contributed by atoms with van der Waals surface area (Å²) in [6.07, 6.45) is 7.20. The number of benzene rings is 1. The normalized spacial score (nSPS) is 18.6. The Kier molecular flexibility index (Phi) is 5.60. The maximum Gasteiger partial charge on any atom is 0.246 e. The highest BCUT2D eigenvalue weighted by Crippen LogP contribution is 2.32. The van der Waals surface area contributed by atoms with E-state index in [2.05, 4.69) is 26.1 Å². The first kappa shape index (κ1) is 19.7. The number of hydrogen-bond acceptors (Lipinski definition) is 7. The third-order valence-electron chi connectivity index (χ3n) is 6.05. The lowest BCUT2D eigenvalue weighted by atomic mass is 10.1. The van der Waals surface area contributed by atoms with Crippen LogP contribution in [0.15, 0.2) is 36.4 Å². The Morgan fingerprint density at radius 3 is 2.19 bits per heavy atom. The molecule has 0 radical (unpaired) electrons. The Balaban J connectivity index is 1.14. The highest BCUT2D eigenvalue weighted by Gasteiger charge is 2.21. The van der Waals surface area contributed by atoms with Gasteiger partial charge in [0.2, 0.25) is 12.7 Å². The van der Waals surface area contributed by atoms with Crippen molar-refractivity contribution in [2.75, 3.05) is 55.9 Å². The Hall–Kier alpha value is -3.29. The molecule has 0 saturated carbocycles. The quantitative estimate of drug-likeness (QED) is 0.703. The smallest absolute Gasteiger partial charge is 0.246 e. The first-order valence-corrected chi connectivity index (χ1v) is 11.0. The predicted octanol–water partition coefficient (Wildman–Crippen LogP) is 2.56. The van der Waals surface area contributed by atoms with E-state index in [1.165, 1.54) is 19.3 Å². The molecule has 3 aliphatic rings. The molecular weight excluding hydrogens is 394 g/mol. The average molecular weight is 422 g/mol. The number of aromatic nitrogens is 2. The average Bonchev–Trinajstić information content (AvgIpc) is 3.31. The molecule has 0 unspecified atom stereocenters. The lowest BCUT2D eigenvalue weighted by Crippen LogP contribution is -2.48. The number of anilines is 2. The number of rotatable bonds is 4. The van der Waals surface area contributed by atoms with Crippen molar-refractivity contribution in [1.82, 2.24) is 15.1 Å². The lowest BCUT2D eigenvalue weighted by Gasteiger charge is -2.35. The van der Waals surface area contributed by atoms with E-state index < -0.39 is 0 Å². The number of fused-ring (bicyclic) bond motifs is 1. The fourth-order valence-corrected chi connectivity index (χ4v) is 4.22. The molecule has 31 heavy (non-hydrogen) atoms. The van der Waals surface area contributed by atoms with Crippen LogP contribution in [0.25, 0.3) is 6.08 Å². The van der Waals surface area contributed by atoms with Gasteiger partial charge < -0.3 is 24.2 Å². The molecule has 0 aliphatic carbocycles. The van der Waals surface area contributed by atoms with Gasteiger partial charge in [0.15, 0.2) is 23.1 Å². The fourth-order valence-electron chi connectivity index (χ4n) is 4.22. The summed E-state index contributed by atoms with van der Waals surface area (Å²) in [4.78, 5) is 19.0. The van der Waals surface area contributed by atoms with Gasteiger partial charge in [0.1, 0.15) is 0 Å². The van der Waals surface area contributed by atoms with Gasteiger partial charge in [-0.15, -0.1) is 10.2 Å². The second-order valence-electron chi connectivity index (χ2n) is 8.06. The maximum atomic E-state index is 12.6. The molecule has 1 aromatic heterocycles. The molecule has 1 aromatic carbocycles. The van der Waals surface area contributed by atoms with Crippen molar-refractivity contribution in [2.45, 2.75) is 19.3 Å². The number of hydrogen-bond donors (Lipinski definition) is 0. The summed E-state index contributed by atoms with van der Waals surface area (Å²) >= 11 is 0. The molecule has 2 fully saturated rings. The monoisotopic (exact) mass is 421 g/mol. The first-order valence-electron chi connectivity index (χ1n) is 11.0. The van der Waals surface area contributed by atoms with Crippen LogP contribution in [-0.2, 0) is 4.79 Å². The second-order valence-corrected chi connectivity index (χ2v) is 8.06. The van der Waals surface area contributed by atoms with Crippen molar-refractivity contribution in [3.8, 4) is 11.5 Å². The minimum atomic E-state index is 0.0175. The molecule has 0 atom stereocenters. The SMILES string of the molecule is O=C(/C=C/c1ccc2c(c1)OCO2)N1CCN(c2ccc(N3CCCCC3)nn2)CC1. The van der Waals surface area contributed by atoms with Crippen molar-refractivity contribution >= 4 is 23.6 Å². The van der Waals surface area contributed by atoms with Gasteiger partial charge in [-0.1, -0.05) is 6.07 Å². The van der Waals surface area contributed by atoms with Gasteiger partial charge >= 0.3 is 0 Å². The molecule has 4 heterocycles. The molecule has 8 nitrogen and oxygen atoms in total. The molecule has 0 bridgehead atoms. The van der Waals surface area contributed by atoms with E-state index in [1.807, 2.05) is 35.2 Å². The summed E-state index contributed by atoms with van der Waals surface area (Å²) in [6, 6.07) is 9.79. The Morgan fingerprint density at radius 1 is 0.806 bits per heavy atom. The zero-order valence-electron chi connectivity index (χ0n) is 17.6. The number of ether oxygens (including phenoxy) is 2. The highest BCUT2D eigenvalue weighted by molar-refractivity contribution is 5.92. The highest BCUT2D eigenvalue weighted by atomic mass is 16.7. The van der Waals surface area contributed by atoms with Crippen LogP contribution in [0, 0.1) is 0 Å². The molecule has 2 saturated heterocycles. The van der Waals surface area contributed by atoms with E-state index in [4.69, 9.17) is 9.47 Å². The van der Waals surface area contributed by atoms with Gasteiger partial charge in [-0.25, -0.2) is 0 Å². The van der Waals surface area contributed by atoms with Gasteiger partial charge in [-0.3, -0.25) is 4.79 Å². The summed E-state index contributed by atoms with van der Waals surface area (Å²) in [6.45, 7) is 5.21. The van der Waals surface area contributed by atoms with E-state index in [-0.39, 0.29) is 12.7 Å². The van der Waals surface area contributed by atoms with Crippen LogP contribution in [0.3, 0.4) is 0 Å². The minimum absolute atomic E-state index is 0.0175. The molecular formula is C23H27N5O3. The third-order valence-corrected chi connectivity index (χ3v) is 6.05. The van der Waals surface area contributed by atoms with Crippen molar-refractivity contribution in [3.05, 3.63) is 42.0 Å². The molecule has 0 spiro atoms. The summed E-state index contributed by atoms with van der Waals surface area (Å²) in [5.41, 5.74) is 0.917. The van der Waals surface area contributed by atoms with Crippen molar-refractivity contribution < 1.29 is 14.3 Å². The van der Waals surface area contributed by atoms with Gasteiger partial charge in [0, 0.05) is 45.3 Å². The zero-order chi connectivity index (χ0) is 21.0. The van der Waals surface area contributed by atoms with Gasteiger partial charge in [-0.05, 0) is 55.2 Å². The number of carbonyl (C=O) groups excluding carboxylic acids is 1. The summed E-state index contributed by atoms with van der Waals surface area (Å²) in [5.74, 6) is 3.32. The second kappa shape index (κ2) is 8.83. The Bertz CT molecular complexity index is 948. The van der Waals surface area contributed by atoms with Crippen LogP contribution in [0.1, 0.15) is 24.8 Å². The van der Waals surface area contributed by atoms with Crippen LogP contribution >= 0.6 is 0 Å². The zero-order valence-corrected chi connectivity index (χ0v) is 17.6. The summed E-state index contributed by atoms with van der Waals surface area (Å²) in [7, 11) is 0. The molecule has 2 aromatic rings. The van der Waals surface area contributed by atoms with E-state index in [9.17, 15) is 4.79 Å². The van der Waals surface area contributed by atoms with Crippen LogP contribution < -0.4 is 19.3 Å². The lowest BCUT2D eigenvalue weighted by molar-refractivity contribution is -0.126. The van der Waals surface area contributed by atoms with Crippen LogP contribution in [0.4, 0.5) is 11.6 Å². The van der Waals surface area contributed by atoms with E-state index in [0.717, 1.165) is 54.9 Å². The summed E-state index contributed by atoms with van der Waals surface area (Å²) in [5, 5.41) is 8.89. The van der Waals surface area contributed by atoms with Crippen molar-refractivity contribution in [3.63, 3.8) is 0 Å². The standard InChI is InChI=1S/C23H27N5O3/c29-23(9-5-18-4-6-19-20(16-18)31-17-30-19)28-14-12-27(13-15-28)22-8-7-21(24-25-22)26-10-2-1-3-11-26/h4-9,16H,1-3,10-15,17H2/b9-5+. The number of piperidine rings is 1. The fraction of sp³-hybridized carbons (Fsp3) is 0.435.